The largest absolute Gasteiger partial charge is 0.347 e. The molecule has 0 radical (unpaired) electrons. The van der Waals surface area contributed by atoms with E-state index in [1.165, 1.54) is 0 Å². The highest BCUT2D eigenvalue weighted by Crippen LogP contribution is 2.21. The van der Waals surface area contributed by atoms with E-state index in [0.717, 1.165) is 0 Å². The smallest absolute Gasteiger partial charge is 0.209 e. The normalized spacial score (nSPS) is 26.3. The lowest BCUT2D eigenvalue weighted by Gasteiger charge is -2.34. The Morgan fingerprint density at radius 1 is 0.778 bits per heavy atom. The van der Waals surface area contributed by atoms with Crippen LogP contribution in [0.15, 0.2) is 0 Å². The standard InChI is InChI=1S/C14H28O4/c1-13(2,3)9-17-11-12(16-8-7-15-11)18-10-14(4,5)6/h11-12H,7-10H2,1-6H3/t11-,12-/m0/s1. The number of hydrogen-bond acceptors (Lipinski definition) is 4. The molecule has 18 heavy (non-hydrogen) atoms. The van der Waals surface area contributed by atoms with E-state index < -0.39 is 12.6 Å². The highest BCUT2D eigenvalue weighted by Gasteiger charge is 2.31. The fourth-order valence-corrected chi connectivity index (χ4v) is 1.40. The van der Waals surface area contributed by atoms with E-state index in [9.17, 15) is 0 Å². The van der Waals surface area contributed by atoms with Gasteiger partial charge in [0.05, 0.1) is 26.4 Å². The van der Waals surface area contributed by atoms with Crippen molar-refractivity contribution in [3.05, 3.63) is 0 Å². The summed E-state index contributed by atoms with van der Waals surface area (Å²) in [6.45, 7) is 15.1. The zero-order chi connectivity index (χ0) is 13.8. The fourth-order valence-electron chi connectivity index (χ4n) is 1.40. The van der Waals surface area contributed by atoms with Gasteiger partial charge in [-0.25, -0.2) is 0 Å². The van der Waals surface area contributed by atoms with E-state index in [0.29, 0.717) is 26.4 Å². The van der Waals surface area contributed by atoms with Gasteiger partial charge in [0.25, 0.3) is 0 Å². The van der Waals surface area contributed by atoms with Crippen molar-refractivity contribution in [3.63, 3.8) is 0 Å². The molecule has 0 spiro atoms. The highest BCUT2D eigenvalue weighted by atomic mass is 16.8. The number of ether oxygens (including phenoxy) is 4. The predicted molar refractivity (Wildman–Crippen MR) is 70.3 cm³/mol. The molecule has 0 aromatic heterocycles. The summed E-state index contributed by atoms with van der Waals surface area (Å²) in [7, 11) is 0. The average Bonchev–Trinajstić information content (AvgIpc) is 2.22. The lowest BCUT2D eigenvalue weighted by molar-refractivity contribution is -0.327. The maximum Gasteiger partial charge on any atom is 0.209 e. The molecule has 1 fully saturated rings. The molecule has 1 rings (SSSR count). The first-order valence-corrected chi connectivity index (χ1v) is 6.64. The van der Waals surface area contributed by atoms with Crippen molar-refractivity contribution >= 4 is 0 Å². The van der Waals surface area contributed by atoms with Crippen LogP contribution >= 0.6 is 0 Å². The molecule has 1 aliphatic heterocycles. The van der Waals surface area contributed by atoms with E-state index in [1.54, 1.807) is 0 Å². The van der Waals surface area contributed by atoms with Gasteiger partial charge in [-0.15, -0.1) is 0 Å². The first kappa shape index (κ1) is 15.9. The molecule has 0 aromatic carbocycles. The van der Waals surface area contributed by atoms with Crippen LogP contribution in [0.4, 0.5) is 0 Å². The van der Waals surface area contributed by atoms with Crippen LogP contribution in [0.5, 0.6) is 0 Å². The van der Waals surface area contributed by atoms with Gasteiger partial charge in [-0.1, -0.05) is 41.5 Å². The Labute approximate surface area is 111 Å². The van der Waals surface area contributed by atoms with Crippen LogP contribution < -0.4 is 0 Å². The summed E-state index contributed by atoms with van der Waals surface area (Å²) in [5.74, 6) is 0. The second-order valence-electron chi connectivity index (χ2n) is 7.22. The minimum Gasteiger partial charge on any atom is -0.347 e. The van der Waals surface area contributed by atoms with Crippen LogP contribution in [0.25, 0.3) is 0 Å². The summed E-state index contributed by atoms with van der Waals surface area (Å²) in [5, 5.41) is 0. The second kappa shape index (κ2) is 6.33. The fraction of sp³-hybridized carbons (Fsp3) is 1.00. The SMILES string of the molecule is CC(C)(C)CO[C@@H]1OCCO[C@H]1OCC(C)(C)C. The molecule has 0 unspecified atom stereocenters. The number of rotatable bonds is 4. The van der Waals surface area contributed by atoms with Crippen LogP contribution in [-0.2, 0) is 18.9 Å². The quantitative estimate of drug-likeness (QED) is 0.779. The predicted octanol–water partition coefficient (Wildman–Crippen LogP) is 2.81. The van der Waals surface area contributed by atoms with Gasteiger partial charge in [0.2, 0.25) is 12.6 Å². The van der Waals surface area contributed by atoms with Crippen molar-refractivity contribution in [2.24, 2.45) is 10.8 Å². The Morgan fingerprint density at radius 3 is 1.39 bits per heavy atom. The van der Waals surface area contributed by atoms with Crippen LogP contribution in [-0.4, -0.2) is 39.0 Å². The minimum absolute atomic E-state index is 0.107. The molecule has 1 heterocycles. The minimum atomic E-state index is -0.416. The van der Waals surface area contributed by atoms with E-state index in [-0.39, 0.29) is 10.8 Å². The van der Waals surface area contributed by atoms with E-state index in [2.05, 4.69) is 41.5 Å². The van der Waals surface area contributed by atoms with E-state index >= 15 is 0 Å². The second-order valence-corrected chi connectivity index (χ2v) is 7.22. The summed E-state index contributed by atoms with van der Waals surface area (Å²) in [6, 6.07) is 0. The van der Waals surface area contributed by atoms with Gasteiger partial charge in [0, 0.05) is 0 Å². The van der Waals surface area contributed by atoms with Crippen molar-refractivity contribution in [2.75, 3.05) is 26.4 Å². The topological polar surface area (TPSA) is 36.9 Å². The summed E-state index contributed by atoms with van der Waals surface area (Å²) < 4.78 is 22.7. The Balaban J connectivity index is 2.42. The van der Waals surface area contributed by atoms with Crippen molar-refractivity contribution in [2.45, 2.75) is 54.1 Å². The third-order valence-electron chi connectivity index (χ3n) is 2.23. The summed E-state index contributed by atoms with van der Waals surface area (Å²) in [4.78, 5) is 0. The van der Waals surface area contributed by atoms with Gasteiger partial charge in [-0.05, 0) is 10.8 Å². The molecule has 1 aliphatic rings. The van der Waals surface area contributed by atoms with Crippen molar-refractivity contribution in [1.29, 1.82) is 0 Å². The van der Waals surface area contributed by atoms with Crippen LogP contribution in [0, 0.1) is 10.8 Å². The van der Waals surface area contributed by atoms with Gasteiger partial charge < -0.3 is 18.9 Å². The van der Waals surface area contributed by atoms with Crippen molar-refractivity contribution in [3.8, 4) is 0 Å². The zero-order valence-corrected chi connectivity index (χ0v) is 12.6. The molecular formula is C14H28O4. The van der Waals surface area contributed by atoms with Gasteiger partial charge in [-0.3, -0.25) is 0 Å². The van der Waals surface area contributed by atoms with Gasteiger partial charge in [0.15, 0.2) is 0 Å². The molecular weight excluding hydrogens is 232 g/mol. The maximum absolute atomic E-state index is 5.75. The molecule has 0 aliphatic carbocycles. The van der Waals surface area contributed by atoms with Crippen LogP contribution in [0.1, 0.15) is 41.5 Å². The molecule has 4 heteroatoms. The Bertz CT molecular complexity index is 213. The molecule has 0 aromatic rings. The molecule has 4 nitrogen and oxygen atoms in total. The van der Waals surface area contributed by atoms with Gasteiger partial charge >= 0.3 is 0 Å². The molecule has 0 saturated carbocycles. The molecule has 0 bridgehead atoms. The monoisotopic (exact) mass is 260 g/mol. The van der Waals surface area contributed by atoms with Crippen LogP contribution in [0.2, 0.25) is 0 Å². The molecule has 0 N–H and O–H groups in total. The Hall–Kier alpha value is -0.160. The third-order valence-corrected chi connectivity index (χ3v) is 2.23. The maximum atomic E-state index is 5.75. The molecule has 108 valence electrons. The lowest BCUT2D eigenvalue weighted by atomic mass is 9.98. The number of hydrogen-bond donors (Lipinski definition) is 0. The van der Waals surface area contributed by atoms with Crippen molar-refractivity contribution < 1.29 is 18.9 Å². The van der Waals surface area contributed by atoms with Gasteiger partial charge in [-0.2, -0.15) is 0 Å². The molecule has 0 amide bonds. The van der Waals surface area contributed by atoms with Crippen molar-refractivity contribution in [1.82, 2.24) is 0 Å². The first-order chi connectivity index (χ1) is 8.17. The zero-order valence-electron chi connectivity index (χ0n) is 12.6. The Morgan fingerprint density at radius 2 is 1.11 bits per heavy atom. The molecule has 1 saturated heterocycles. The van der Waals surface area contributed by atoms with E-state index in [4.69, 9.17) is 18.9 Å². The van der Waals surface area contributed by atoms with E-state index in [1.807, 2.05) is 0 Å². The summed E-state index contributed by atoms with van der Waals surface area (Å²) >= 11 is 0. The highest BCUT2D eigenvalue weighted by molar-refractivity contribution is 4.65. The summed E-state index contributed by atoms with van der Waals surface area (Å²) in [6.07, 6.45) is -0.833. The average molecular weight is 260 g/mol. The lowest BCUT2D eigenvalue weighted by Crippen LogP contribution is -2.44. The first-order valence-electron chi connectivity index (χ1n) is 6.64. The Kier molecular flexibility index (Phi) is 5.59. The summed E-state index contributed by atoms with van der Waals surface area (Å²) in [5.41, 5.74) is 0.213. The van der Waals surface area contributed by atoms with Crippen LogP contribution in [0.3, 0.4) is 0 Å². The molecule has 2 atom stereocenters. The third kappa shape index (κ3) is 6.69. The van der Waals surface area contributed by atoms with Gasteiger partial charge in [0.1, 0.15) is 0 Å².